The van der Waals surface area contributed by atoms with Gasteiger partial charge < -0.3 is 9.47 Å². The maximum absolute atomic E-state index is 5.93. The second-order valence-corrected chi connectivity index (χ2v) is 20.5. The van der Waals surface area contributed by atoms with Gasteiger partial charge in [-0.15, -0.1) is 0 Å². The zero-order valence-electron chi connectivity index (χ0n) is 32.0. The molecule has 2 nitrogen and oxygen atoms in total. The normalized spacial score (nSPS) is 11.5. The van der Waals surface area contributed by atoms with E-state index in [0.29, 0.717) is 13.2 Å². The third-order valence-electron chi connectivity index (χ3n) is 10.0. The summed E-state index contributed by atoms with van der Waals surface area (Å²) >= 11 is 0. The van der Waals surface area contributed by atoms with Crippen molar-refractivity contribution in [3.8, 4) is 22.3 Å². The van der Waals surface area contributed by atoms with E-state index in [1.54, 1.807) is 0 Å². The fourth-order valence-corrected chi connectivity index (χ4v) is 8.02. The van der Waals surface area contributed by atoms with Crippen LogP contribution in [-0.4, -0.2) is 21.3 Å². The summed E-state index contributed by atoms with van der Waals surface area (Å²) in [6.07, 6.45) is 7.35. The highest BCUT2D eigenvalue weighted by molar-refractivity contribution is 6.88. The van der Waals surface area contributed by atoms with Crippen LogP contribution in [0.1, 0.15) is 52.6 Å². The summed E-state index contributed by atoms with van der Waals surface area (Å²) in [5, 5.41) is 1.53. The second kappa shape index (κ2) is 19.5. The highest BCUT2D eigenvalue weighted by Crippen LogP contribution is 2.30. The summed E-state index contributed by atoms with van der Waals surface area (Å²) < 4.78 is 11.9. The number of ether oxygens (including phenoxy) is 2. The van der Waals surface area contributed by atoms with Gasteiger partial charge in [0, 0.05) is 13.2 Å². The third kappa shape index (κ3) is 12.3. The first-order valence-electron chi connectivity index (χ1n) is 19.5. The number of benzene rings is 6. The average molecular weight is 717 g/mol. The summed E-state index contributed by atoms with van der Waals surface area (Å²) in [7, 11) is -1.28. The topological polar surface area (TPSA) is 18.5 Å². The van der Waals surface area contributed by atoms with E-state index in [1.807, 2.05) is 12.1 Å². The van der Waals surface area contributed by atoms with E-state index in [9.17, 15) is 0 Å². The molecule has 0 fully saturated rings. The molecule has 3 heteroatoms. The summed E-state index contributed by atoms with van der Waals surface area (Å²) in [6, 6.07) is 55.8. The number of hydrogen-bond donors (Lipinski definition) is 0. The molecule has 6 rings (SSSR count). The molecule has 0 spiro atoms. The number of rotatable bonds is 19. The fourth-order valence-electron chi connectivity index (χ4n) is 6.85. The smallest absolute Gasteiger partial charge is 0.0775 e. The molecule has 0 aromatic heterocycles. The Kier molecular flexibility index (Phi) is 14.1. The standard InChI is InChI=1S/C50H56O2Si/c1-53(2,3)50-31-25-40(26-32-50)17-10-18-45-35-48(46-27-21-41(22-28-46)19-11-33-51-38-43-13-6-4-7-14-43)37-49(36-45)47-29-23-42(24-30-47)20-12-34-52-39-44-15-8-5-9-16-44/h4-9,13-16,21-32,35-37H,10-12,17-20,33-34,38-39H2,1-3H3. The molecule has 0 amide bonds. The van der Waals surface area contributed by atoms with E-state index in [1.165, 1.54) is 60.8 Å². The molecule has 0 aliphatic carbocycles. The zero-order valence-corrected chi connectivity index (χ0v) is 33.0. The van der Waals surface area contributed by atoms with Gasteiger partial charge in [-0.2, -0.15) is 0 Å². The predicted molar refractivity (Wildman–Crippen MR) is 228 cm³/mol. The molecule has 0 atom stereocenters. The first kappa shape index (κ1) is 38.2. The van der Waals surface area contributed by atoms with Gasteiger partial charge in [-0.1, -0.05) is 170 Å². The van der Waals surface area contributed by atoms with Gasteiger partial charge in [0.1, 0.15) is 0 Å². The quantitative estimate of drug-likeness (QED) is 0.0614. The summed E-state index contributed by atoms with van der Waals surface area (Å²) in [6.45, 7) is 10.1. The lowest BCUT2D eigenvalue weighted by molar-refractivity contribution is 0.118. The van der Waals surface area contributed by atoms with Crippen molar-refractivity contribution >= 4 is 13.3 Å². The fraction of sp³-hybridized carbons (Fsp3) is 0.280. The Morgan fingerprint density at radius 2 is 0.755 bits per heavy atom. The van der Waals surface area contributed by atoms with E-state index in [-0.39, 0.29) is 0 Å². The van der Waals surface area contributed by atoms with Crippen molar-refractivity contribution in [1.82, 2.24) is 0 Å². The molecule has 0 aliphatic heterocycles. The molecule has 0 saturated heterocycles. The average Bonchev–Trinajstić information content (AvgIpc) is 3.19. The van der Waals surface area contributed by atoms with Crippen molar-refractivity contribution in [2.24, 2.45) is 0 Å². The van der Waals surface area contributed by atoms with Crippen LogP contribution in [0.2, 0.25) is 19.6 Å². The molecule has 0 saturated carbocycles. The van der Waals surface area contributed by atoms with Crippen molar-refractivity contribution in [1.29, 1.82) is 0 Å². The van der Waals surface area contributed by atoms with Gasteiger partial charge in [-0.25, -0.2) is 0 Å². The largest absolute Gasteiger partial charge is 0.377 e. The van der Waals surface area contributed by atoms with E-state index in [0.717, 1.165) is 58.2 Å². The summed E-state index contributed by atoms with van der Waals surface area (Å²) in [5.41, 5.74) is 13.1. The van der Waals surface area contributed by atoms with Crippen molar-refractivity contribution in [2.45, 2.75) is 77.8 Å². The number of hydrogen-bond acceptors (Lipinski definition) is 2. The van der Waals surface area contributed by atoms with Crippen LogP contribution in [0.5, 0.6) is 0 Å². The Morgan fingerprint density at radius 1 is 0.358 bits per heavy atom. The van der Waals surface area contributed by atoms with Crippen molar-refractivity contribution in [3.05, 3.63) is 185 Å². The maximum atomic E-state index is 5.93. The molecule has 0 unspecified atom stereocenters. The minimum absolute atomic E-state index is 0.677. The zero-order chi connectivity index (χ0) is 36.7. The first-order valence-corrected chi connectivity index (χ1v) is 23.0. The van der Waals surface area contributed by atoms with Gasteiger partial charge in [0.25, 0.3) is 0 Å². The van der Waals surface area contributed by atoms with Gasteiger partial charge >= 0.3 is 0 Å². The van der Waals surface area contributed by atoms with E-state index < -0.39 is 8.07 Å². The minimum Gasteiger partial charge on any atom is -0.377 e. The third-order valence-corrected chi connectivity index (χ3v) is 12.1. The molecular formula is C50H56O2Si. The Bertz CT molecular complexity index is 1830. The molecule has 6 aromatic rings. The predicted octanol–water partition coefficient (Wildman–Crippen LogP) is 12.0. The molecule has 0 aliphatic rings. The van der Waals surface area contributed by atoms with Crippen LogP contribution in [0.15, 0.2) is 152 Å². The Balaban J connectivity index is 1.09. The van der Waals surface area contributed by atoms with Gasteiger partial charge in [-0.3, -0.25) is 0 Å². The Labute approximate surface area is 319 Å². The van der Waals surface area contributed by atoms with Crippen LogP contribution in [0.3, 0.4) is 0 Å². The van der Waals surface area contributed by atoms with Crippen molar-refractivity contribution in [2.75, 3.05) is 13.2 Å². The first-order chi connectivity index (χ1) is 25.9. The second-order valence-electron chi connectivity index (χ2n) is 15.4. The van der Waals surface area contributed by atoms with Crippen molar-refractivity contribution in [3.63, 3.8) is 0 Å². The van der Waals surface area contributed by atoms with Crippen LogP contribution in [-0.2, 0) is 48.4 Å². The monoisotopic (exact) mass is 716 g/mol. The van der Waals surface area contributed by atoms with Gasteiger partial charge in [0.15, 0.2) is 0 Å². The molecule has 272 valence electrons. The van der Waals surface area contributed by atoms with Crippen LogP contribution in [0.25, 0.3) is 22.3 Å². The Morgan fingerprint density at radius 3 is 1.19 bits per heavy atom. The highest BCUT2D eigenvalue weighted by atomic mass is 28.3. The molecule has 0 radical (unpaired) electrons. The molecule has 0 bridgehead atoms. The molecule has 6 aromatic carbocycles. The van der Waals surface area contributed by atoms with Gasteiger partial charge in [0.05, 0.1) is 21.3 Å². The van der Waals surface area contributed by atoms with Gasteiger partial charge in [-0.05, 0) is 107 Å². The highest BCUT2D eigenvalue weighted by Gasteiger charge is 2.15. The molecule has 0 N–H and O–H groups in total. The lowest BCUT2D eigenvalue weighted by atomic mass is 9.93. The number of aryl methyl sites for hydroxylation is 4. The summed E-state index contributed by atoms with van der Waals surface area (Å²) in [4.78, 5) is 0. The summed E-state index contributed by atoms with van der Waals surface area (Å²) in [5.74, 6) is 0. The van der Waals surface area contributed by atoms with Crippen LogP contribution in [0, 0.1) is 0 Å². The van der Waals surface area contributed by atoms with Crippen LogP contribution < -0.4 is 5.19 Å². The minimum atomic E-state index is -1.28. The molecular weight excluding hydrogens is 661 g/mol. The lowest BCUT2D eigenvalue weighted by Crippen LogP contribution is -2.37. The van der Waals surface area contributed by atoms with Crippen LogP contribution >= 0.6 is 0 Å². The van der Waals surface area contributed by atoms with Crippen molar-refractivity contribution < 1.29 is 9.47 Å². The van der Waals surface area contributed by atoms with E-state index in [2.05, 4.69) is 159 Å². The molecule has 53 heavy (non-hydrogen) atoms. The Hall–Kier alpha value is -4.54. The van der Waals surface area contributed by atoms with Gasteiger partial charge in [0.2, 0.25) is 0 Å². The van der Waals surface area contributed by atoms with E-state index >= 15 is 0 Å². The maximum Gasteiger partial charge on any atom is 0.0775 e. The van der Waals surface area contributed by atoms with Crippen LogP contribution in [0.4, 0.5) is 0 Å². The lowest BCUT2D eigenvalue weighted by Gasteiger charge is -2.16. The molecule has 0 heterocycles. The SMILES string of the molecule is C[Si](C)(C)c1ccc(CCCc2cc(-c3ccc(CCCOCc4ccccc4)cc3)cc(-c3ccc(CCCOCc4ccccc4)cc3)c2)cc1. The van der Waals surface area contributed by atoms with E-state index in [4.69, 9.17) is 9.47 Å².